The zero-order chi connectivity index (χ0) is 20.1. The van der Waals surface area contributed by atoms with Crippen molar-refractivity contribution >= 4 is 23.4 Å². The number of nitrogens with one attached hydrogen (secondary N) is 1. The second kappa shape index (κ2) is 8.93. The molecule has 3 rings (SSSR count). The third-order valence-electron chi connectivity index (χ3n) is 4.66. The molecule has 0 radical (unpaired) electrons. The molecule has 0 aliphatic carbocycles. The molecule has 0 bridgehead atoms. The lowest BCUT2D eigenvalue weighted by atomic mass is 9.96. The van der Waals surface area contributed by atoms with Crippen LogP contribution in [-0.4, -0.2) is 16.8 Å². The number of carboxylic acid groups (broad SMARTS) is 1. The summed E-state index contributed by atoms with van der Waals surface area (Å²) in [6, 6.07) is 18.8. The molecule has 0 spiro atoms. The van der Waals surface area contributed by atoms with E-state index in [0.29, 0.717) is 12.1 Å². The summed E-state index contributed by atoms with van der Waals surface area (Å²) in [4.78, 5) is 11.5. The molecular weight excluding hydrogens is 373 g/mol. The molecule has 0 unspecified atom stereocenters. The van der Waals surface area contributed by atoms with Gasteiger partial charge in [0.1, 0.15) is 5.82 Å². The Hall–Kier alpha value is -2.79. The molecule has 5 heteroatoms. The minimum absolute atomic E-state index is 0.0309. The number of rotatable bonds is 7. The van der Waals surface area contributed by atoms with Crippen LogP contribution in [0.5, 0.6) is 0 Å². The summed E-state index contributed by atoms with van der Waals surface area (Å²) in [5.74, 6) is -1.05. The lowest BCUT2D eigenvalue weighted by Crippen LogP contribution is -2.02. The first-order valence-electron chi connectivity index (χ1n) is 8.97. The number of carbonyl (C=O) groups is 1. The third kappa shape index (κ3) is 4.93. The van der Waals surface area contributed by atoms with Crippen LogP contribution in [-0.2, 0) is 11.3 Å². The molecule has 0 saturated heterocycles. The van der Waals surface area contributed by atoms with E-state index >= 15 is 0 Å². The van der Waals surface area contributed by atoms with Crippen LogP contribution in [0.15, 0.2) is 65.6 Å². The van der Waals surface area contributed by atoms with Gasteiger partial charge in [0, 0.05) is 22.7 Å². The molecule has 0 amide bonds. The highest BCUT2D eigenvalue weighted by Crippen LogP contribution is 2.28. The summed E-state index contributed by atoms with van der Waals surface area (Å²) in [7, 11) is 0. The van der Waals surface area contributed by atoms with Gasteiger partial charge in [0.15, 0.2) is 0 Å². The Balaban J connectivity index is 1.72. The van der Waals surface area contributed by atoms with Gasteiger partial charge in [-0.3, -0.25) is 4.79 Å². The van der Waals surface area contributed by atoms with E-state index in [4.69, 9.17) is 5.11 Å². The molecule has 3 aromatic carbocycles. The van der Waals surface area contributed by atoms with Gasteiger partial charge in [0.2, 0.25) is 0 Å². The van der Waals surface area contributed by atoms with Crippen molar-refractivity contribution in [2.45, 2.75) is 25.3 Å². The molecule has 0 aliphatic rings. The fraction of sp³-hybridized carbons (Fsp3) is 0.174. The second-order valence-electron chi connectivity index (χ2n) is 6.61. The Morgan fingerprint density at radius 3 is 2.54 bits per heavy atom. The van der Waals surface area contributed by atoms with Crippen molar-refractivity contribution < 1.29 is 14.3 Å². The average molecular weight is 395 g/mol. The Morgan fingerprint density at radius 1 is 1.07 bits per heavy atom. The molecule has 28 heavy (non-hydrogen) atoms. The van der Waals surface area contributed by atoms with Gasteiger partial charge < -0.3 is 10.4 Å². The first-order chi connectivity index (χ1) is 13.4. The second-order valence-corrected chi connectivity index (χ2v) is 7.66. The van der Waals surface area contributed by atoms with Crippen LogP contribution in [0.2, 0.25) is 0 Å². The van der Waals surface area contributed by atoms with Gasteiger partial charge in [-0.05, 0) is 72.5 Å². The minimum atomic E-state index is -0.841. The van der Waals surface area contributed by atoms with Crippen LogP contribution < -0.4 is 5.32 Å². The highest BCUT2D eigenvalue weighted by Gasteiger charge is 2.08. The topological polar surface area (TPSA) is 49.3 Å². The number of aryl methyl sites for hydroxylation is 1. The Kier molecular flexibility index (Phi) is 6.37. The molecule has 0 atom stereocenters. The smallest absolute Gasteiger partial charge is 0.313 e. The first kappa shape index (κ1) is 20.0. The number of carboxylic acids is 1. The lowest BCUT2D eigenvalue weighted by molar-refractivity contribution is -0.133. The van der Waals surface area contributed by atoms with Crippen LogP contribution >= 0.6 is 11.8 Å². The molecule has 0 aliphatic heterocycles. The van der Waals surface area contributed by atoms with Gasteiger partial charge in [-0.25, -0.2) is 4.39 Å². The average Bonchev–Trinajstić information content (AvgIpc) is 2.69. The van der Waals surface area contributed by atoms with Crippen molar-refractivity contribution in [3.05, 3.63) is 83.2 Å². The molecule has 0 heterocycles. The molecule has 2 N–H and O–H groups in total. The third-order valence-corrected chi connectivity index (χ3v) is 5.66. The van der Waals surface area contributed by atoms with Gasteiger partial charge in [0.05, 0.1) is 5.75 Å². The van der Waals surface area contributed by atoms with Crippen molar-refractivity contribution in [1.29, 1.82) is 0 Å². The largest absolute Gasteiger partial charge is 0.481 e. The molecule has 0 aromatic heterocycles. The van der Waals surface area contributed by atoms with Gasteiger partial charge >= 0.3 is 5.97 Å². The summed E-state index contributed by atoms with van der Waals surface area (Å²) in [5, 5.41) is 12.0. The molecule has 0 fully saturated rings. The van der Waals surface area contributed by atoms with E-state index in [1.165, 1.54) is 29.0 Å². The van der Waals surface area contributed by atoms with Gasteiger partial charge in [0.25, 0.3) is 0 Å². The maximum absolute atomic E-state index is 14.3. The number of halogens is 1. The van der Waals surface area contributed by atoms with Crippen LogP contribution in [0.25, 0.3) is 11.1 Å². The molecule has 0 saturated carbocycles. The van der Waals surface area contributed by atoms with Crippen LogP contribution in [0.4, 0.5) is 10.1 Å². The minimum Gasteiger partial charge on any atom is -0.481 e. The van der Waals surface area contributed by atoms with Crippen LogP contribution in [0, 0.1) is 19.7 Å². The van der Waals surface area contributed by atoms with E-state index in [-0.39, 0.29) is 11.6 Å². The number of thioether (sulfide) groups is 1. The Bertz CT molecular complexity index is 986. The zero-order valence-corrected chi connectivity index (χ0v) is 16.6. The lowest BCUT2D eigenvalue weighted by Gasteiger charge is -2.12. The monoisotopic (exact) mass is 395 g/mol. The normalized spacial score (nSPS) is 10.7. The Labute approximate surface area is 168 Å². The SMILES string of the molecule is Cc1cccc(-c2ccc(F)c(CNc3ccc(SCC(=O)O)cc3)c2)c1C. The highest BCUT2D eigenvalue weighted by molar-refractivity contribution is 8.00. The van der Waals surface area contributed by atoms with Crippen LogP contribution in [0.3, 0.4) is 0 Å². The summed E-state index contributed by atoms with van der Waals surface area (Å²) < 4.78 is 14.3. The van der Waals surface area contributed by atoms with Crippen LogP contribution in [0.1, 0.15) is 16.7 Å². The summed E-state index contributed by atoms with van der Waals surface area (Å²) in [5.41, 5.74) is 5.98. The molecule has 3 aromatic rings. The predicted octanol–water partition coefficient (Wildman–Crippen LogP) is 5.90. The molecule has 3 nitrogen and oxygen atoms in total. The highest BCUT2D eigenvalue weighted by atomic mass is 32.2. The number of benzene rings is 3. The first-order valence-corrected chi connectivity index (χ1v) is 9.96. The van der Waals surface area contributed by atoms with E-state index in [0.717, 1.165) is 21.7 Å². The summed E-state index contributed by atoms with van der Waals surface area (Å²) in [6.07, 6.45) is 0. The van der Waals surface area contributed by atoms with Crippen molar-refractivity contribution in [2.24, 2.45) is 0 Å². The standard InChI is InChI=1S/C23H22FNO2S/c1-15-4-3-5-21(16(15)2)17-6-11-22(24)18(12-17)13-25-19-7-9-20(10-8-19)28-14-23(26)27/h3-12,25H,13-14H2,1-2H3,(H,26,27). The quantitative estimate of drug-likeness (QED) is 0.489. The van der Waals surface area contributed by atoms with Crippen molar-refractivity contribution in [2.75, 3.05) is 11.1 Å². The molecular formula is C23H22FNO2S. The van der Waals surface area contributed by atoms with E-state index in [1.807, 2.05) is 42.5 Å². The van der Waals surface area contributed by atoms with E-state index < -0.39 is 5.97 Å². The van der Waals surface area contributed by atoms with E-state index in [9.17, 15) is 9.18 Å². The number of hydrogen-bond donors (Lipinski definition) is 2. The number of anilines is 1. The summed E-state index contributed by atoms with van der Waals surface area (Å²) >= 11 is 1.27. The van der Waals surface area contributed by atoms with E-state index in [1.54, 1.807) is 0 Å². The fourth-order valence-corrected chi connectivity index (χ4v) is 3.57. The number of hydrogen-bond acceptors (Lipinski definition) is 3. The molecule has 144 valence electrons. The summed E-state index contributed by atoms with van der Waals surface area (Å²) in [6.45, 7) is 4.52. The zero-order valence-electron chi connectivity index (χ0n) is 15.8. The Morgan fingerprint density at radius 2 is 1.82 bits per heavy atom. The maximum atomic E-state index is 14.3. The van der Waals surface area contributed by atoms with Gasteiger partial charge in [-0.15, -0.1) is 11.8 Å². The fourth-order valence-electron chi connectivity index (χ4n) is 2.95. The van der Waals surface area contributed by atoms with Crippen molar-refractivity contribution in [3.63, 3.8) is 0 Å². The van der Waals surface area contributed by atoms with E-state index in [2.05, 4.69) is 31.3 Å². The number of aliphatic carboxylic acids is 1. The van der Waals surface area contributed by atoms with Gasteiger partial charge in [-0.1, -0.05) is 24.3 Å². The predicted molar refractivity (Wildman–Crippen MR) is 113 cm³/mol. The van der Waals surface area contributed by atoms with Crippen molar-refractivity contribution in [1.82, 2.24) is 0 Å². The van der Waals surface area contributed by atoms with Gasteiger partial charge in [-0.2, -0.15) is 0 Å². The van der Waals surface area contributed by atoms with Crippen molar-refractivity contribution in [3.8, 4) is 11.1 Å². The maximum Gasteiger partial charge on any atom is 0.313 e.